The second kappa shape index (κ2) is 5.87. The molecule has 0 aliphatic carbocycles. The van der Waals surface area contributed by atoms with Crippen LogP contribution < -0.4 is 5.69 Å². The average Bonchev–Trinajstić information content (AvgIpc) is 2.85. The molecule has 0 saturated heterocycles. The maximum absolute atomic E-state index is 12.9. The van der Waals surface area contributed by atoms with E-state index in [4.69, 9.17) is 0 Å². The first-order valence-corrected chi connectivity index (χ1v) is 7.37. The maximum Gasteiger partial charge on any atom is 0.416 e. The number of hydrogen-bond acceptors (Lipinski definition) is 3. The number of nitro benzene ring substituents is 1. The zero-order chi connectivity index (χ0) is 19.2. The molecule has 3 rings (SSSR count). The van der Waals surface area contributed by atoms with Crippen molar-refractivity contribution < 1.29 is 18.1 Å². The van der Waals surface area contributed by atoms with Gasteiger partial charge in [-0.2, -0.15) is 13.2 Å². The summed E-state index contributed by atoms with van der Waals surface area (Å²) in [4.78, 5) is 23.2. The smallest absolute Gasteiger partial charge is 0.265 e. The lowest BCUT2D eigenvalue weighted by atomic mass is 10.1. The normalized spacial score (nSPS) is 11.7. The van der Waals surface area contributed by atoms with Crippen molar-refractivity contribution in [2.24, 2.45) is 0 Å². The highest BCUT2D eigenvalue weighted by Crippen LogP contribution is 2.35. The van der Waals surface area contributed by atoms with Crippen molar-refractivity contribution in [3.63, 3.8) is 0 Å². The molecule has 6 nitrogen and oxygen atoms in total. The lowest BCUT2D eigenvalue weighted by Gasteiger charge is -2.09. The molecule has 2 aromatic carbocycles. The molecule has 0 unspecified atom stereocenters. The van der Waals surface area contributed by atoms with Crippen LogP contribution in [-0.2, 0) is 6.18 Å². The summed E-state index contributed by atoms with van der Waals surface area (Å²) in [5.41, 5.74) is -1.73. The molecular formula is C17H12F3N3O3. The average molecular weight is 363 g/mol. The largest absolute Gasteiger partial charge is 0.416 e. The Labute approximate surface area is 144 Å². The van der Waals surface area contributed by atoms with Gasteiger partial charge in [-0.15, -0.1) is 0 Å². The Hall–Kier alpha value is -3.36. The number of para-hydroxylation sites is 2. The van der Waals surface area contributed by atoms with Gasteiger partial charge in [-0.25, -0.2) is 4.79 Å². The van der Waals surface area contributed by atoms with Crippen molar-refractivity contribution >= 4 is 22.4 Å². The van der Waals surface area contributed by atoms with Crippen LogP contribution in [0.25, 0.3) is 22.4 Å². The first kappa shape index (κ1) is 17.5. The fourth-order valence-corrected chi connectivity index (χ4v) is 2.79. The van der Waals surface area contributed by atoms with Crippen LogP contribution in [0.3, 0.4) is 0 Å². The summed E-state index contributed by atoms with van der Waals surface area (Å²) in [7, 11) is 0. The Balaban J connectivity index is 2.42. The third kappa shape index (κ3) is 2.67. The molecule has 0 N–H and O–H groups in total. The van der Waals surface area contributed by atoms with Gasteiger partial charge in [0, 0.05) is 11.8 Å². The van der Waals surface area contributed by atoms with Crippen molar-refractivity contribution in [1.82, 2.24) is 9.13 Å². The number of imidazole rings is 1. The quantitative estimate of drug-likeness (QED) is 0.517. The molecule has 0 fully saturated rings. The first-order chi connectivity index (χ1) is 12.1. The molecule has 134 valence electrons. The summed E-state index contributed by atoms with van der Waals surface area (Å²) in [6.07, 6.45) is -4.74. The molecule has 3 aromatic rings. The molecule has 9 heteroatoms. The summed E-state index contributed by atoms with van der Waals surface area (Å²) in [5.74, 6) is 0. The SMILES string of the molecule is C=C(C)n1c(=O)n(-c2ccc(C(F)(F)F)cc2[N+](=O)[O-])c2ccccc21. The second-order valence-electron chi connectivity index (χ2n) is 5.64. The number of nitrogens with zero attached hydrogens (tertiary/aromatic N) is 3. The van der Waals surface area contributed by atoms with E-state index in [1.807, 2.05) is 0 Å². The van der Waals surface area contributed by atoms with E-state index in [9.17, 15) is 28.1 Å². The van der Waals surface area contributed by atoms with Gasteiger partial charge in [0.05, 0.1) is 21.5 Å². The summed E-state index contributed by atoms with van der Waals surface area (Å²) in [5, 5.41) is 11.4. The van der Waals surface area contributed by atoms with E-state index in [1.54, 1.807) is 31.2 Å². The minimum absolute atomic E-state index is 0.246. The highest BCUT2D eigenvalue weighted by molar-refractivity contribution is 5.82. The Morgan fingerprint density at radius 2 is 1.77 bits per heavy atom. The molecule has 0 atom stereocenters. The van der Waals surface area contributed by atoms with Gasteiger partial charge in [-0.1, -0.05) is 18.7 Å². The molecule has 0 radical (unpaired) electrons. The number of fused-ring (bicyclic) bond motifs is 1. The summed E-state index contributed by atoms with van der Waals surface area (Å²) < 4.78 is 41.0. The molecule has 0 aliphatic rings. The van der Waals surface area contributed by atoms with Gasteiger partial charge in [0.2, 0.25) is 0 Å². The minimum Gasteiger partial charge on any atom is -0.265 e. The molecule has 0 bridgehead atoms. The zero-order valence-corrected chi connectivity index (χ0v) is 13.4. The van der Waals surface area contributed by atoms with E-state index in [1.165, 1.54) is 4.57 Å². The minimum atomic E-state index is -4.74. The number of allylic oxidation sites excluding steroid dienone is 1. The molecule has 0 amide bonds. The van der Waals surface area contributed by atoms with Crippen LogP contribution >= 0.6 is 0 Å². The van der Waals surface area contributed by atoms with Gasteiger partial charge in [0.15, 0.2) is 0 Å². The van der Waals surface area contributed by atoms with Crippen molar-refractivity contribution in [2.75, 3.05) is 0 Å². The van der Waals surface area contributed by atoms with Gasteiger partial charge in [-0.05, 0) is 31.2 Å². The first-order valence-electron chi connectivity index (χ1n) is 7.37. The second-order valence-corrected chi connectivity index (χ2v) is 5.64. The molecule has 0 spiro atoms. The molecule has 0 saturated carbocycles. The summed E-state index contributed by atoms with van der Waals surface area (Å²) in [6.45, 7) is 5.30. The van der Waals surface area contributed by atoms with E-state index in [-0.39, 0.29) is 5.69 Å². The van der Waals surface area contributed by atoms with Crippen LogP contribution in [-0.4, -0.2) is 14.1 Å². The number of nitro groups is 1. The predicted molar refractivity (Wildman–Crippen MR) is 90.2 cm³/mol. The van der Waals surface area contributed by atoms with Crippen LogP contribution in [0.2, 0.25) is 0 Å². The van der Waals surface area contributed by atoms with Crippen molar-refractivity contribution in [3.05, 3.63) is 75.2 Å². The monoisotopic (exact) mass is 363 g/mol. The zero-order valence-electron chi connectivity index (χ0n) is 13.4. The van der Waals surface area contributed by atoms with Gasteiger partial charge >= 0.3 is 11.9 Å². The van der Waals surface area contributed by atoms with Crippen LogP contribution in [0, 0.1) is 10.1 Å². The maximum atomic E-state index is 12.9. The number of alkyl halides is 3. The Kier molecular flexibility index (Phi) is 3.94. The van der Waals surface area contributed by atoms with Crippen molar-refractivity contribution in [1.29, 1.82) is 0 Å². The van der Waals surface area contributed by atoms with E-state index in [2.05, 4.69) is 6.58 Å². The van der Waals surface area contributed by atoms with E-state index >= 15 is 0 Å². The summed E-state index contributed by atoms with van der Waals surface area (Å²) in [6, 6.07) is 8.53. The number of aromatic nitrogens is 2. The van der Waals surface area contributed by atoms with Crippen LogP contribution in [0.1, 0.15) is 12.5 Å². The number of rotatable bonds is 3. The van der Waals surface area contributed by atoms with Gasteiger partial charge in [0.1, 0.15) is 5.69 Å². The highest BCUT2D eigenvalue weighted by atomic mass is 19.4. The summed E-state index contributed by atoms with van der Waals surface area (Å²) >= 11 is 0. The van der Waals surface area contributed by atoms with Crippen molar-refractivity contribution in [3.8, 4) is 5.69 Å². The molecular weight excluding hydrogens is 351 g/mol. The number of benzene rings is 2. The highest BCUT2D eigenvalue weighted by Gasteiger charge is 2.34. The Morgan fingerprint density at radius 1 is 1.15 bits per heavy atom. The van der Waals surface area contributed by atoms with E-state index < -0.39 is 28.0 Å². The van der Waals surface area contributed by atoms with Crippen LogP contribution in [0.15, 0.2) is 53.8 Å². The van der Waals surface area contributed by atoms with Crippen LogP contribution in [0.5, 0.6) is 0 Å². The predicted octanol–water partition coefficient (Wildman–Crippen LogP) is 4.21. The molecule has 1 aromatic heterocycles. The van der Waals surface area contributed by atoms with E-state index in [0.717, 1.165) is 10.6 Å². The van der Waals surface area contributed by atoms with Crippen molar-refractivity contribution in [2.45, 2.75) is 13.1 Å². The third-order valence-corrected chi connectivity index (χ3v) is 3.87. The molecule has 0 aliphatic heterocycles. The Morgan fingerprint density at radius 3 is 2.31 bits per heavy atom. The van der Waals surface area contributed by atoms with Gasteiger partial charge < -0.3 is 0 Å². The topological polar surface area (TPSA) is 70.1 Å². The molecule has 26 heavy (non-hydrogen) atoms. The van der Waals surface area contributed by atoms with Gasteiger partial charge in [0.25, 0.3) is 5.69 Å². The standard InChI is InChI=1S/C17H12F3N3O3/c1-10(2)21-12-5-3-4-6-13(12)22(16(21)24)14-8-7-11(17(18,19)20)9-15(14)23(25)26/h3-9H,1H2,2H3. The fourth-order valence-electron chi connectivity index (χ4n) is 2.79. The molecule has 1 heterocycles. The van der Waals surface area contributed by atoms with Gasteiger partial charge in [-0.3, -0.25) is 19.2 Å². The Bertz CT molecular complexity index is 1110. The lowest BCUT2D eigenvalue weighted by Crippen LogP contribution is -2.22. The van der Waals surface area contributed by atoms with Crippen LogP contribution in [0.4, 0.5) is 18.9 Å². The number of hydrogen-bond donors (Lipinski definition) is 0. The number of halogens is 3. The van der Waals surface area contributed by atoms with E-state index in [0.29, 0.717) is 28.9 Å². The fraction of sp³-hybridized carbons (Fsp3) is 0.118. The third-order valence-electron chi connectivity index (χ3n) is 3.87. The lowest BCUT2D eigenvalue weighted by molar-refractivity contribution is -0.384.